The molecule has 0 saturated heterocycles. The molecule has 0 amide bonds. The summed E-state index contributed by atoms with van der Waals surface area (Å²) in [5.41, 5.74) is 2.48. The third-order valence-electron chi connectivity index (χ3n) is 4.22. The number of furan rings is 1. The number of ketones is 1. The number of ether oxygens (including phenoxy) is 1. The van der Waals surface area contributed by atoms with E-state index in [0.29, 0.717) is 11.6 Å². The average molecular weight is 358 g/mol. The summed E-state index contributed by atoms with van der Waals surface area (Å²) < 4.78 is 12.0. The van der Waals surface area contributed by atoms with Crippen molar-refractivity contribution in [2.45, 2.75) is 32.7 Å². The van der Waals surface area contributed by atoms with E-state index in [-0.39, 0.29) is 18.2 Å². The van der Waals surface area contributed by atoms with Crippen LogP contribution < -0.4 is 0 Å². The normalized spacial score (nSPS) is 13.9. The molecule has 0 unspecified atom stereocenters. The first-order chi connectivity index (χ1) is 12.4. The first-order valence-electron chi connectivity index (χ1n) is 8.17. The van der Waals surface area contributed by atoms with Crippen molar-refractivity contribution in [2.24, 2.45) is 0 Å². The van der Waals surface area contributed by atoms with Gasteiger partial charge in [-0.05, 0) is 44.9 Å². The molecule has 136 valence electrons. The second-order valence-electron chi connectivity index (χ2n) is 6.18. The van der Waals surface area contributed by atoms with Crippen molar-refractivity contribution in [3.63, 3.8) is 0 Å². The third-order valence-corrected chi connectivity index (χ3v) is 4.22. The monoisotopic (exact) mass is 358 g/mol. The van der Waals surface area contributed by atoms with Crippen molar-refractivity contribution in [3.05, 3.63) is 57.1 Å². The Morgan fingerprint density at radius 2 is 2.12 bits per heavy atom. The molecular weight excluding hydrogens is 340 g/mol. The molecule has 0 bridgehead atoms. The Morgan fingerprint density at radius 1 is 1.38 bits per heavy atom. The summed E-state index contributed by atoms with van der Waals surface area (Å²) in [4.78, 5) is 33.9. The van der Waals surface area contributed by atoms with Crippen molar-refractivity contribution in [1.29, 1.82) is 0 Å². The molecule has 1 aliphatic carbocycles. The van der Waals surface area contributed by atoms with Crippen LogP contribution in [0.1, 0.15) is 46.4 Å². The maximum atomic E-state index is 12.3. The molecule has 0 aliphatic heterocycles. The number of nitrogens with zero attached hydrogens (tertiary/aromatic N) is 2. The molecule has 1 aliphatic rings. The first kappa shape index (κ1) is 17.7. The van der Waals surface area contributed by atoms with Crippen LogP contribution in [0.2, 0.25) is 0 Å². The molecule has 8 heteroatoms. The zero-order chi connectivity index (χ0) is 18.8. The minimum atomic E-state index is -0.728. The summed E-state index contributed by atoms with van der Waals surface area (Å²) in [5.74, 6) is -1.26. The highest BCUT2D eigenvalue weighted by molar-refractivity contribution is 6.00. The number of Topliss-reactive ketones (excluding diaryl/α,β-unsaturated/α-hetero) is 1. The Hall–Kier alpha value is -3.16. The van der Waals surface area contributed by atoms with Gasteiger partial charge in [0.25, 0.3) is 0 Å². The molecular formula is C18H18N2O6. The first-order valence-corrected chi connectivity index (χ1v) is 8.17. The number of rotatable bonds is 7. The largest absolute Gasteiger partial charge is 0.454 e. The lowest BCUT2D eigenvalue weighted by molar-refractivity contribution is -0.402. The van der Waals surface area contributed by atoms with E-state index in [1.54, 1.807) is 0 Å². The van der Waals surface area contributed by atoms with Crippen molar-refractivity contribution in [1.82, 2.24) is 4.57 Å². The SMILES string of the molecule is Cc1cc(C(=O)COC(=O)/C=C/c2ccc([N+](=O)[O-])o2)c(C)n1C1CC1. The highest BCUT2D eigenvalue weighted by Crippen LogP contribution is 2.38. The van der Waals surface area contributed by atoms with E-state index in [1.165, 1.54) is 18.2 Å². The number of aryl methyl sites for hydroxylation is 1. The van der Waals surface area contributed by atoms with E-state index in [4.69, 9.17) is 9.15 Å². The lowest BCUT2D eigenvalue weighted by atomic mass is 10.1. The number of hydrogen-bond acceptors (Lipinski definition) is 6. The molecule has 2 aromatic heterocycles. The van der Waals surface area contributed by atoms with Gasteiger partial charge in [-0.1, -0.05) is 0 Å². The van der Waals surface area contributed by atoms with Crippen LogP contribution in [0.25, 0.3) is 6.08 Å². The standard InChI is InChI=1S/C18H18N2O6/c1-11-9-15(12(2)19(11)13-3-4-13)16(21)10-25-18(22)8-6-14-5-7-17(26-14)20(23)24/h5-9,13H,3-4,10H2,1-2H3/b8-6+. The van der Waals surface area contributed by atoms with Crippen LogP contribution in [0.5, 0.6) is 0 Å². The van der Waals surface area contributed by atoms with Crippen molar-refractivity contribution in [3.8, 4) is 0 Å². The van der Waals surface area contributed by atoms with Gasteiger partial charge in [-0.3, -0.25) is 14.9 Å². The molecule has 2 aromatic rings. The van der Waals surface area contributed by atoms with Gasteiger partial charge >= 0.3 is 11.9 Å². The van der Waals surface area contributed by atoms with E-state index < -0.39 is 16.8 Å². The zero-order valence-corrected chi connectivity index (χ0v) is 14.4. The molecule has 0 radical (unpaired) electrons. The molecule has 3 rings (SSSR count). The van der Waals surface area contributed by atoms with Crippen LogP contribution in [-0.2, 0) is 9.53 Å². The predicted molar refractivity (Wildman–Crippen MR) is 91.9 cm³/mol. The van der Waals surface area contributed by atoms with Crippen LogP contribution in [0.15, 0.2) is 28.7 Å². The maximum absolute atomic E-state index is 12.3. The van der Waals surface area contributed by atoms with Gasteiger partial charge in [0.15, 0.2) is 6.61 Å². The number of carbonyl (C=O) groups excluding carboxylic acids is 2. The van der Waals surface area contributed by atoms with Gasteiger partial charge in [0, 0.05) is 29.1 Å². The molecule has 1 fully saturated rings. The molecule has 2 heterocycles. The fourth-order valence-electron chi connectivity index (χ4n) is 2.90. The molecule has 0 N–H and O–H groups in total. The second-order valence-corrected chi connectivity index (χ2v) is 6.18. The Morgan fingerprint density at radius 3 is 2.73 bits per heavy atom. The summed E-state index contributed by atoms with van der Waals surface area (Å²) in [6.07, 6.45) is 4.55. The highest BCUT2D eigenvalue weighted by Gasteiger charge is 2.28. The highest BCUT2D eigenvalue weighted by atomic mass is 16.6. The maximum Gasteiger partial charge on any atom is 0.433 e. The van der Waals surface area contributed by atoms with Gasteiger partial charge in [-0.2, -0.15) is 0 Å². The smallest absolute Gasteiger partial charge is 0.433 e. The summed E-state index contributed by atoms with van der Waals surface area (Å²) in [5, 5.41) is 10.5. The summed E-state index contributed by atoms with van der Waals surface area (Å²) in [6.45, 7) is 3.49. The van der Waals surface area contributed by atoms with Crippen LogP contribution >= 0.6 is 0 Å². The van der Waals surface area contributed by atoms with Crippen LogP contribution in [0.3, 0.4) is 0 Å². The zero-order valence-electron chi connectivity index (χ0n) is 14.4. The minimum absolute atomic E-state index is 0.146. The molecule has 1 saturated carbocycles. The Labute approximate surface area is 149 Å². The van der Waals surface area contributed by atoms with Crippen LogP contribution in [-0.4, -0.2) is 27.8 Å². The fourth-order valence-corrected chi connectivity index (χ4v) is 2.90. The Balaban J connectivity index is 1.57. The third kappa shape index (κ3) is 3.74. The van der Waals surface area contributed by atoms with Crippen molar-refractivity contribution in [2.75, 3.05) is 6.61 Å². The van der Waals surface area contributed by atoms with Gasteiger partial charge in [0.05, 0.1) is 6.07 Å². The molecule has 26 heavy (non-hydrogen) atoms. The van der Waals surface area contributed by atoms with Gasteiger partial charge < -0.3 is 13.7 Å². The Bertz CT molecular complexity index is 901. The van der Waals surface area contributed by atoms with E-state index in [1.807, 2.05) is 19.9 Å². The van der Waals surface area contributed by atoms with E-state index >= 15 is 0 Å². The van der Waals surface area contributed by atoms with Crippen LogP contribution in [0, 0.1) is 24.0 Å². The summed E-state index contributed by atoms with van der Waals surface area (Å²) in [6, 6.07) is 4.84. The molecule has 0 aromatic carbocycles. The fraction of sp³-hybridized carbons (Fsp3) is 0.333. The second kappa shape index (κ2) is 6.99. The quantitative estimate of drug-likeness (QED) is 0.247. The predicted octanol–water partition coefficient (Wildman–Crippen LogP) is 3.38. The van der Waals surface area contributed by atoms with E-state index in [9.17, 15) is 19.7 Å². The van der Waals surface area contributed by atoms with Crippen LogP contribution in [0.4, 0.5) is 5.88 Å². The molecule has 0 atom stereocenters. The van der Waals surface area contributed by atoms with Gasteiger partial charge in [0.1, 0.15) is 10.7 Å². The van der Waals surface area contributed by atoms with Crippen molar-refractivity contribution < 1.29 is 23.7 Å². The summed E-state index contributed by atoms with van der Waals surface area (Å²) >= 11 is 0. The number of carbonyl (C=O) groups is 2. The lowest BCUT2D eigenvalue weighted by Crippen LogP contribution is -2.13. The van der Waals surface area contributed by atoms with Crippen molar-refractivity contribution >= 4 is 23.7 Å². The van der Waals surface area contributed by atoms with Gasteiger partial charge in [-0.25, -0.2) is 4.79 Å². The molecule has 0 spiro atoms. The summed E-state index contributed by atoms with van der Waals surface area (Å²) in [7, 11) is 0. The number of nitro groups is 1. The van der Waals surface area contributed by atoms with Gasteiger partial charge in [-0.15, -0.1) is 0 Å². The van der Waals surface area contributed by atoms with Gasteiger partial charge in [0.2, 0.25) is 5.78 Å². The lowest BCUT2D eigenvalue weighted by Gasteiger charge is -2.07. The van der Waals surface area contributed by atoms with E-state index in [2.05, 4.69) is 4.57 Å². The minimum Gasteiger partial charge on any atom is -0.454 e. The van der Waals surface area contributed by atoms with E-state index in [0.717, 1.165) is 30.3 Å². The number of esters is 1. The molecule has 8 nitrogen and oxygen atoms in total. The topological polar surface area (TPSA) is 105 Å². The Kier molecular flexibility index (Phi) is 4.75. The average Bonchev–Trinajstić information content (AvgIpc) is 3.22. The number of hydrogen-bond donors (Lipinski definition) is 0. The number of aromatic nitrogens is 1.